The van der Waals surface area contributed by atoms with Gasteiger partial charge in [-0.1, -0.05) is 25.1 Å². The molecule has 104 valence electrons. The fourth-order valence-corrected chi connectivity index (χ4v) is 2.89. The van der Waals surface area contributed by atoms with Gasteiger partial charge in [0, 0.05) is 6.04 Å². The Bertz CT molecular complexity index is 624. The van der Waals surface area contributed by atoms with Crippen LogP contribution in [0.3, 0.4) is 0 Å². The second kappa shape index (κ2) is 5.33. The molecule has 1 nitrogen and oxygen atoms in total. The van der Waals surface area contributed by atoms with E-state index in [-0.39, 0.29) is 17.7 Å². The summed E-state index contributed by atoms with van der Waals surface area (Å²) in [5.74, 6) is -0.511. The molecule has 2 aromatic carbocycles. The highest BCUT2D eigenvalue weighted by atomic mass is 19.1. The van der Waals surface area contributed by atoms with Crippen LogP contribution in [0.15, 0.2) is 42.5 Å². The van der Waals surface area contributed by atoms with E-state index in [9.17, 15) is 8.78 Å². The van der Waals surface area contributed by atoms with E-state index in [1.165, 1.54) is 18.2 Å². The van der Waals surface area contributed by atoms with Gasteiger partial charge in [0.25, 0.3) is 0 Å². The molecule has 1 aliphatic heterocycles. The van der Waals surface area contributed by atoms with Gasteiger partial charge in [-0.2, -0.15) is 0 Å². The van der Waals surface area contributed by atoms with Gasteiger partial charge in [-0.15, -0.1) is 0 Å². The zero-order valence-corrected chi connectivity index (χ0v) is 11.4. The van der Waals surface area contributed by atoms with E-state index in [0.717, 1.165) is 29.5 Å². The van der Waals surface area contributed by atoms with Gasteiger partial charge in [-0.3, -0.25) is 0 Å². The van der Waals surface area contributed by atoms with Crippen molar-refractivity contribution in [3.8, 4) is 0 Å². The van der Waals surface area contributed by atoms with Crippen molar-refractivity contribution in [2.75, 3.05) is 0 Å². The fourth-order valence-electron chi connectivity index (χ4n) is 2.89. The maximum atomic E-state index is 13.5. The summed E-state index contributed by atoms with van der Waals surface area (Å²) in [5, 5.41) is 3.50. The summed E-state index contributed by atoms with van der Waals surface area (Å²) in [6, 6.07) is 11.6. The van der Waals surface area contributed by atoms with Gasteiger partial charge in [0.05, 0.1) is 6.04 Å². The highest BCUT2D eigenvalue weighted by Gasteiger charge is 2.26. The molecule has 0 spiro atoms. The van der Waals surface area contributed by atoms with E-state index in [0.29, 0.717) is 6.04 Å². The quantitative estimate of drug-likeness (QED) is 0.872. The number of fused-ring (bicyclic) bond motifs is 1. The van der Waals surface area contributed by atoms with E-state index in [4.69, 9.17) is 0 Å². The van der Waals surface area contributed by atoms with Crippen LogP contribution in [0.2, 0.25) is 0 Å². The molecule has 0 aromatic heterocycles. The highest BCUT2D eigenvalue weighted by Crippen LogP contribution is 2.32. The lowest BCUT2D eigenvalue weighted by molar-refractivity contribution is 0.424. The van der Waals surface area contributed by atoms with E-state index in [2.05, 4.69) is 12.2 Å². The van der Waals surface area contributed by atoms with Crippen LogP contribution in [0, 0.1) is 11.6 Å². The smallest absolute Gasteiger partial charge is 0.123 e. The summed E-state index contributed by atoms with van der Waals surface area (Å²) in [4.78, 5) is 0. The zero-order valence-electron chi connectivity index (χ0n) is 11.4. The van der Waals surface area contributed by atoms with Crippen LogP contribution in [0.25, 0.3) is 0 Å². The van der Waals surface area contributed by atoms with Gasteiger partial charge in [-0.25, -0.2) is 8.78 Å². The molecule has 0 saturated heterocycles. The first-order chi connectivity index (χ1) is 9.67. The Morgan fingerprint density at radius 2 is 1.90 bits per heavy atom. The Balaban J connectivity index is 2.08. The molecule has 2 unspecified atom stereocenters. The lowest BCUT2D eigenvalue weighted by atomic mass is 9.86. The van der Waals surface area contributed by atoms with E-state index in [1.54, 1.807) is 12.1 Å². The minimum atomic E-state index is -0.263. The van der Waals surface area contributed by atoms with Crippen LogP contribution in [-0.4, -0.2) is 6.04 Å². The van der Waals surface area contributed by atoms with E-state index in [1.807, 2.05) is 12.1 Å². The molecule has 1 heterocycles. The summed E-state index contributed by atoms with van der Waals surface area (Å²) >= 11 is 0. The summed E-state index contributed by atoms with van der Waals surface area (Å²) in [7, 11) is 0. The van der Waals surface area contributed by atoms with Crippen LogP contribution in [0.5, 0.6) is 0 Å². The number of hydrogen-bond donors (Lipinski definition) is 1. The Hall–Kier alpha value is -1.74. The van der Waals surface area contributed by atoms with Crippen LogP contribution in [0.4, 0.5) is 8.78 Å². The molecule has 1 N–H and O–H groups in total. The monoisotopic (exact) mass is 273 g/mol. The van der Waals surface area contributed by atoms with E-state index >= 15 is 0 Å². The third kappa shape index (κ3) is 2.46. The summed E-state index contributed by atoms with van der Waals surface area (Å²) in [5.41, 5.74) is 2.90. The first kappa shape index (κ1) is 13.3. The van der Waals surface area contributed by atoms with Gasteiger partial charge >= 0.3 is 0 Å². The van der Waals surface area contributed by atoms with Crippen molar-refractivity contribution < 1.29 is 8.78 Å². The molecular weight excluding hydrogens is 256 g/mol. The van der Waals surface area contributed by atoms with Crippen molar-refractivity contribution in [1.29, 1.82) is 0 Å². The van der Waals surface area contributed by atoms with Gasteiger partial charge in [0.15, 0.2) is 0 Å². The molecule has 3 heteroatoms. The first-order valence-corrected chi connectivity index (χ1v) is 6.97. The summed E-state index contributed by atoms with van der Waals surface area (Å²) < 4.78 is 27.0. The lowest BCUT2D eigenvalue weighted by Gasteiger charge is -2.33. The van der Waals surface area contributed by atoms with Crippen LogP contribution in [-0.2, 0) is 6.42 Å². The second-order valence-electron chi connectivity index (χ2n) is 5.31. The van der Waals surface area contributed by atoms with Crippen molar-refractivity contribution in [3.05, 3.63) is 70.8 Å². The molecule has 2 aromatic rings. The highest BCUT2D eigenvalue weighted by molar-refractivity contribution is 5.40. The number of hydrogen-bond acceptors (Lipinski definition) is 1. The molecule has 0 bridgehead atoms. The maximum Gasteiger partial charge on any atom is 0.123 e. The van der Waals surface area contributed by atoms with Gasteiger partial charge in [0.2, 0.25) is 0 Å². The average molecular weight is 273 g/mol. The number of rotatable bonds is 2. The Labute approximate surface area is 117 Å². The van der Waals surface area contributed by atoms with E-state index < -0.39 is 0 Å². The van der Waals surface area contributed by atoms with Crippen molar-refractivity contribution in [2.45, 2.75) is 31.8 Å². The second-order valence-corrected chi connectivity index (χ2v) is 5.31. The first-order valence-electron chi connectivity index (χ1n) is 6.97. The van der Waals surface area contributed by atoms with Gasteiger partial charge in [-0.05, 0) is 53.8 Å². The number of nitrogens with one attached hydrogen (secondary N) is 1. The Morgan fingerprint density at radius 3 is 2.65 bits per heavy atom. The molecular formula is C17H17F2N. The molecule has 3 rings (SSSR count). The standard InChI is InChI=1S/C17H17F2N/c1-2-15-9-11-6-7-14(19)10-16(11)17(20-15)12-4-3-5-13(18)8-12/h3-8,10,15,17,20H,2,9H2,1H3. The minimum Gasteiger partial charge on any atom is -0.303 e. The topological polar surface area (TPSA) is 12.0 Å². The van der Waals surface area contributed by atoms with Crippen LogP contribution < -0.4 is 5.32 Å². The largest absolute Gasteiger partial charge is 0.303 e. The number of halogens is 2. The summed E-state index contributed by atoms with van der Waals surface area (Å²) in [6.45, 7) is 2.12. The third-order valence-electron chi connectivity index (χ3n) is 3.96. The predicted molar refractivity (Wildman–Crippen MR) is 75.6 cm³/mol. The minimum absolute atomic E-state index is 0.143. The Kier molecular flexibility index (Phi) is 3.53. The normalized spacial score (nSPS) is 21.6. The van der Waals surface area contributed by atoms with Gasteiger partial charge in [0.1, 0.15) is 11.6 Å². The zero-order chi connectivity index (χ0) is 14.1. The third-order valence-corrected chi connectivity index (χ3v) is 3.96. The molecule has 20 heavy (non-hydrogen) atoms. The summed E-state index contributed by atoms with van der Waals surface area (Å²) in [6.07, 6.45) is 1.88. The molecule has 0 aliphatic carbocycles. The molecule has 0 radical (unpaired) electrons. The SMILES string of the molecule is CCC1Cc2ccc(F)cc2C(c2cccc(F)c2)N1. The molecule has 1 aliphatic rings. The molecule has 2 atom stereocenters. The van der Waals surface area contributed by atoms with Crippen LogP contribution in [0.1, 0.15) is 36.1 Å². The lowest BCUT2D eigenvalue weighted by Crippen LogP contribution is -2.39. The van der Waals surface area contributed by atoms with Crippen LogP contribution >= 0.6 is 0 Å². The Morgan fingerprint density at radius 1 is 1.10 bits per heavy atom. The predicted octanol–water partition coefficient (Wildman–Crippen LogP) is 3.98. The molecule has 0 saturated carbocycles. The van der Waals surface area contributed by atoms with Gasteiger partial charge < -0.3 is 5.32 Å². The van der Waals surface area contributed by atoms with Crippen molar-refractivity contribution >= 4 is 0 Å². The van der Waals surface area contributed by atoms with Crippen molar-refractivity contribution in [1.82, 2.24) is 5.32 Å². The maximum absolute atomic E-state index is 13.5. The average Bonchev–Trinajstić information content (AvgIpc) is 2.46. The number of benzene rings is 2. The molecule has 0 amide bonds. The molecule has 0 fully saturated rings. The van der Waals surface area contributed by atoms with Crippen molar-refractivity contribution in [3.63, 3.8) is 0 Å². The van der Waals surface area contributed by atoms with Crippen molar-refractivity contribution in [2.24, 2.45) is 0 Å². The fraction of sp³-hybridized carbons (Fsp3) is 0.294.